The summed E-state index contributed by atoms with van der Waals surface area (Å²) in [5, 5.41) is 0.871. The molecule has 6 nitrogen and oxygen atoms in total. The van der Waals surface area contributed by atoms with E-state index >= 15 is 0 Å². The molecular weight excluding hydrogens is 392 g/mol. The maximum absolute atomic E-state index is 13.1. The van der Waals surface area contributed by atoms with Gasteiger partial charge in [-0.2, -0.15) is 0 Å². The molecular formula is C25H20N2O4. The van der Waals surface area contributed by atoms with Crippen molar-refractivity contribution >= 4 is 34.4 Å². The Hall–Kier alpha value is -3.54. The summed E-state index contributed by atoms with van der Waals surface area (Å²) in [6.07, 6.45) is 4.70. The number of para-hydroxylation sites is 1. The number of hydrogen-bond acceptors (Lipinski definition) is 5. The van der Waals surface area contributed by atoms with Gasteiger partial charge in [0.25, 0.3) is 0 Å². The van der Waals surface area contributed by atoms with E-state index < -0.39 is 5.97 Å². The largest absolute Gasteiger partial charge is 0.421 e. The smallest absolute Gasteiger partial charge is 0.343 e. The van der Waals surface area contributed by atoms with Crippen LogP contribution in [0.4, 0.5) is 5.69 Å². The predicted octanol–water partition coefficient (Wildman–Crippen LogP) is 3.99. The molecule has 0 N–H and O–H groups in total. The monoisotopic (exact) mass is 412 g/mol. The molecule has 3 fully saturated rings. The second kappa shape index (κ2) is 6.74. The summed E-state index contributed by atoms with van der Waals surface area (Å²) in [5.41, 5.74) is 1.32. The molecule has 1 aliphatic heterocycles. The van der Waals surface area contributed by atoms with Crippen molar-refractivity contribution in [3.05, 3.63) is 66.4 Å². The minimum absolute atomic E-state index is 0.119. The van der Waals surface area contributed by atoms with Gasteiger partial charge in [-0.3, -0.25) is 19.5 Å². The van der Waals surface area contributed by atoms with Crippen molar-refractivity contribution in [2.45, 2.75) is 19.3 Å². The zero-order valence-electron chi connectivity index (χ0n) is 16.7. The summed E-state index contributed by atoms with van der Waals surface area (Å²) >= 11 is 0. The van der Waals surface area contributed by atoms with Gasteiger partial charge in [0.05, 0.1) is 23.1 Å². The van der Waals surface area contributed by atoms with E-state index in [0.29, 0.717) is 28.8 Å². The van der Waals surface area contributed by atoms with Crippen LogP contribution in [0.25, 0.3) is 10.9 Å². The van der Waals surface area contributed by atoms with E-state index in [9.17, 15) is 14.4 Å². The van der Waals surface area contributed by atoms with Gasteiger partial charge in [0.1, 0.15) is 5.52 Å². The minimum atomic E-state index is -0.556. The molecule has 3 aliphatic rings. The van der Waals surface area contributed by atoms with Gasteiger partial charge in [-0.1, -0.05) is 24.3 Å². The van der Waals surface area contributed by atoms with Crippen LogP contribution in [0.1, 0.15) is 29.6 Å². The maximum Gasteiger partial charge on any atom is 0.343 e. The van der Waals surface area contributed by atoms with Crippen molar-refractivity contribution in [1.82, 2.24) is 4.98 Å². The number of ether oxygens (including phenoxy) is 1. The molecule has 3 aromatic rings. The van der Waals surface area contributed by atoms with Gasteiger partial charge < -0.3 is 4.74 Å². The number of rotatable bonds is 3. The first-order valence-electron chi connectivity index (χ1n) is 10.7. The molecule has 0 unspecified atom stereocenters. The number of aromatic nitrogens is 1. The molecule has 2 amide bonds. The molecule has 0 radical (unpaired) electrons. The van der Waals surface area contributed by atoms with E-state index in [1.54, 1.807) is 42.6 Å². The summed E-state index contributed by atoms with van der Waals surface area (Å²) in [7, 11) is 0. The average molecular weight is 412 g/mol. The van der Waals surface area contributed by atoms with Gasteiger partial charge in [-0.05, 0) is 61.4 Å². The SMILES string of the molecule is O=C(Oc1cccc2cccnc12)c1cccc(N2C(=O)[C@H]3[C@H]4CC[C@@H](C4)[C@@H]3C2=O)c1. The van der Waals surface area contributed by atoms with E-state index in [2.05, 4.69) is 4.98 Å². The van der Waals surface area contributed by atoms with Crippen LogP contribution in [0, 0.1) is 23.7 Å². The molecule has 2 aromatic carbocycles. The normalized spacial score (nSPS) is 26.5. The molecule has 1 saturated heterocycles. The minimum Gasteiger partial charge on any atom is -0.421 e. The molecule has 1 aromatic heterocycles. The third-order valence-electron chi connectivity index (χ3n) is 7.07. The Balaban J connectivity index is 1.29. The molecule has 2 heterocycles. The van der Waals surface area contributed by atoms with Gasteiger partial charge in [0.15, 0.2) is 5.75 Å². The lowest BCUT2D eigenvalue weighted by atomic mass is 9.81. The Morgan fingerprint density at radius 3 is 2.42 bits per heavy atom. The highest BCUT2D eigenvalue weighted by Gasteiger charge is 2.61. The molecule has 6 rings (SSSR count). The third kappa shape index (κ3) is 2.71. The molecule has 0 spiro atoms. The predicted molar refractivity (Wildman–Crippen MR) is 113 cm³/mol. The molecule has 2 saturated carbocycles. The number of pyridine rings is 1. The fourth-order valence-corrected chi connectivity index (χ4v) is 5.75. The van der Waals surface area contributed by atoms with Crippen molar-refractivity contribution < 1.29 is 19.1 Å². The van der Waals surface area contributed by atoms with E-state index in [1.807, 2.05) is 18.2 Å². The van der Waals surface area contributed by atoms with E-state index in [-0.39, 0.29) is 29.2 Å². The third-order valence-corrected chi connectivity index (χ3v) is 7.07. The quantitative estimate of drug-likeness (QED) is 0.369. The number of carbonyl (C=O) groups excluding carboxylic acids is 3. The van der Waals surface area contributed by atoms with Crippen LogP contribution in [-0.4, -0.2) is 22.8 Å². The van der Waals surface area contributed by atoms with Crippen LogP contribution in [0.3, 0.4) is 0 Å². The highest BCUT2D eigenvalue weighted by molar-refractivity contribution is 6.22. The van der Waals surface area contributed by atoms with Gasteiger partial charge in [0.2, 0.25) is 11.8 Å². The summed E-state index contributed by atoms with van der Waals surface area (Å²) in [6.45, 7) is 0. The van der Waals surface area contributed by atoms with Gasteiger partial charge in [-0.25, -0.2) is 4.79 Å². The number of fused-ring (bicyclic) bond motifs is 6. The fourth-order valence-electron chi connectivity index (χ4n) is 5.75. The Kier molecular flexibility index (Phi) is 3.96. The number of amides is 2. The average Bonchev–Trinajstić information content (AvgIpc) is 3.48. The number of anilines is 1. The number of hydrogen-bond donors (Lipinski definition) is 0. The van der Waals surface area contributed by atoms with Crippen molar-refractivity contribution in [2.24, 2.45) is 23.7 Å². The van der Waals surface area contributed by atoms with Crippen LogP contribution >= 0.6 is 0 Å². The van der Waals surface area contributed by atoms with Crippen LogP contribution < -0.4 is 9.64 Å². The zero-order chi connectivity index (χ0) is 21.1. The standard InChI is InChI=1S/C25H20N2O4/c28-23-20-15-9-10-16(12-15)21(20)24(29)27(23)18-7-1-5-17(13-18)25(30)31-19-8-2-4-14-6-3-11-26-22(14)19/h1-8,11,13,15-16,20-21H,9-10,12H2/t15-,16-,20-,21-/m0/s1. The molecule has 154 valence electrons. The molecule has 2 bridgehead atoms. The lowest BCUT2D eigenvalue weighted by Crippen LogP contribution is -2.32. The number of nitrogens with zero attached hydrogens (tertiary/aromatic N) is 2. The lowest BCUT2D eigenvalue weighted by molar-refractivity contribution is -0.123. The van der Waals surface area contributed by atoms with Gasteiger partial charge in [-0.15, -0.1) is 0 Å². The van der Waals surface area contributed by atoms with Crippen LogP contribution in [0.5, 0.6) is 5.75 Å². The topological polar surface area (TPSA) is 76.6 Å². The van der Waals surface area contributed by atoms with Crippen molar-refractivity contribution in [2.75, 3.05) is 4.90 Å². The van der Waals surface area contributed by atoms with Gasteiger partial charge in [0, 0.05) is 11.6 Å². The Bertz CT molecular complexity index is 1220. The molecule has 4 atom stereocenters. The van der Waals surface area contributed by atoms with Crippen molar-refractivity contribution in [1.29, 1.82) is 0 Å². The number of benzene rings is 2. The van der Waals surface area contributed by atoms with Gasteiger partial charge >= 0.3 is 5.97 Å². The number of imide groups is 1. The van der Waals surface area contributed by atoms with E-state index in [4.69, 9.17) is 4.74 Å². The summed E-state index contributed by atoms with van der Waals surface area (Å²) in [4.78, 5) is 44.6. The van der Waals surface area contributed by atoms with E-state index in [1.165, 1.54) is 4.90 Å². The van der Waals surface area contributed by atoms with E-state index in [0.717, 1.165) is 24.6 Å². The second-order valence-electron chi connectivity index (χ2n) is 8.67. The maximum atomic E-state index is 13.1. The lowest BCUT2D eigenvalue weighted by Gasteiger charge is -2.19. The number of esters is 1. The summed E-state index contributed by atoms with van der Waals surface area (Å²) in [6, 6.07) is 15.7. The first kappa shape index (κ1) is 18.2. The molecule has 6 heteroatoms. The zero-order valence-corrected chi connectivity index (χ0v) is 16.7. The van der Waals surface area contributed by atoms with Crippen molar-refractivity contribution in [3.8, 4) is 5.75 Å². The van der Waals surface area contributed by atoms with Crippen LogP contribution in [0.2, 0.25) is 0 Å². The summed E-state index contributed by atoms with van der Waals surface area (Å²) < 4.78 is 5.61. The Morgan fingerprint density at radius 1 is 0.935 bits per heavy atom. The Labute approximate surface area is 178 Å². The number of carbonyl (C=O) groups is 3. The van der Waals surface area contributed by atoms with Crippen molar-refractivity contribution in [3.63, 3.8) is 0 Å². The molecule has 2 aliphatic carbocycles. The highest BCUT2D eigenvalue weighted by atomic mass is 16.5. The Morgan fingerprint density at radius 2 is 1.65 bits per heavy atom. The summed E-state index contributed by atoms with van der Waals surface area (Å²) in [5.74, 6) is -0.164. The first-order valence-corrected chi connectivity index (χ1v) is 10.7. The highest BCUT2D eigenvalue weighted by Crippen LogP contribution is 2.56. The molecule has 31 heavy (non-hydrogen) atoms. The van der Waals surface area contributed by atoms with Crippen LogP contribution in [-0.2, 0) is 9.59 Å². The second-order valence-corrected chi connectivity index (χ2v) is 8.67. The van der Waals surface area contributed by atoms with Crippen LogP contribution in [0.15, 0.2) is 60.8 Å². The first-order chi connectivity index (χ1) is 15.1. The fraction of sp³-hybridized carbons (Fsp3) is 0.280.